The Morgan fingerprint density at radius 2 is 1.74 bits per heavy atom. The molecule has 4 heteroatoms. The van der Waals surface area contributed by atoms with Gasteiger partial charge in [0.1, 0.15) is 0 Å². The van der Waals surface area contributed by atoms with Crippen LogP contribution in [0.1, 0.15) is 11.1 Å². The van der Waals surface area contributed by atoms with Crippen LogP contribution in [-0.4, -0.2) is 4.92 Å². The highest BCUT2D eigenvalue weighted by molar-refractivity contribution is 5.89. The van der Waals surface area contributed by atoms with Crippen LogP contribution < -0.4 is 0 Å². The maximum absolute atomic E-state index is 10.6. The highest BCUT2D eigenvalue weighted by Gasteiger charge is 2.06. The van der Waals surface area contributed by atoms with Crippen LogP contribution in [0.25, 0.3) is 11.6 Å². The molecule has 0 spiro atoms. The Bertz CT molecular complexity index is 653. The number of nitriles is 1. The van der Waals surface area contributed by atoms with E-state index < -0.39 is 4.92 Å². The molecular weight excluding hydrogens is 240 g/mol. The highest BCUT2D eigenvalue weighted by atomic mass is 16.6. The normalized spacial score (nSPS) is 10.8. The first-order valence-electron chi connectivity index (χ1n) is 5.62. The van der Waals surface area contributed by atoms with Crippen molar-refractivity contribution in [2.45, 2.75) is 0 Å². The summed E-state index contributed by atoms with van der Waals surface area (Å²) in [6.07, 6.45) is 1.75. The van der Waals surface area contributed by atoms with Crippen LogP contribution in [0.5, 0.6) is 0 Å². The van der Waals surface area contributed by atoms with Crippen molar-refractivity contribution in [1.82, 2.24) is 0 Å². The molecule has 92 valence electrons. The van der Waals surface area contributed by atoms with E-state index in [1.807, 2.05) is 30.3 Å². The quantitative estimate of drug-likeness (QED) is 0.361. The Morgan fingerprint density at radius 1 is 1.11 bits per heavy atom. The lowest BCUT2D eigenvalue weighted by molar-refractivity contribution is -0.384. The van der Waals surface area contributed by atoms with Crippen LogP contribution in [-0.2, 0) is 0 Å². The molecule has 0 heterocycles. The van der Waals surface area contributed by atoms with Crippen LogP contribution >= 0.6 is 0 Å². The van der Waals surface area contributed by atoms with Crippen molar-refractivity contribution in [1.29, 1.82) is 5.26 Å². The second-order valence-electron chi connectivity index (χ2n) is 3.88. The molecule has 2 rings (SSSR count). The number of nitro benzene ring substituents is 1. The molecule has 0 saturated heterocycles. The van der Waals surface area contributed by atoms with E-state index in [9.17, 15) is 10.1 Å². The lowest BCUT2D eigenvalue weighted by Gasteiger charge is -1.99. The van der Waals surface area contributed by atoms with Crippen molar-refractivity contribution in [3.8, 4) is 6.07 Å². The average molecular weight is 250 g/mol. The fourth-order valence-electron chi connectivity index (χ4n) is 1.66. The zero-order chi connectivity index (χ0) is 13.7. The second kappa shape index (κ2) is 5.61. The van der Waals surface area contributed by atoms with E-state index in [4.69, 9.17) is 5.26 Å². The van der Waals surface area contributed by atoms with Crippen LogP contribution in [0.15, 0.2) is 54.6 Å². The number of benzene rings is 2. The third-order valence-corrected chi connectivity index (χ3v) is 2.62. The molecule has 0 saturated carbocycles. The first-order chi connectivity index (χ1) is 9.20. The highest BCUT2D eigenvalue weighted by Crippen LogP contribution is 2.20. The van der Waals surface area contributed by atoms with Crippen molar-refractivity contribution in [3.05, 3.63) is 75.8 Å². The zero-order valence-electron chi connectivity index (χ0n) is 9.98. The van der Waals surface area contributed by atoms with Gasteiger partial charge in [-0.05, 0) is 29.3 Å². The summed E-state index contributed by atoms with van der Waals surface area (Å²) in [4.78, 5) is 10.1. The zero-order valence-corrected chi connectivity index (χ0v) is 9.98. The number of hydrogen-bond donors (Lipinski definition) is 0. The number of rotatable bonds is 3. The molecular formula is C15H10N2O2. The standard InChI is InChI=1S/C15H10N2O2/c16-11-14(10-12-4-2-1-3-5-12)13-6-8-15(9-7-13)17(18)19/h1-10H. The summed E-state index contributed by atoms with van der Waals surface area (Å²) in [6.45, 7) is 0. The van der Waals surface area contributed by atoms with Gasteiger partial charge in [0.2, 0.25) is 0 Å². The van der Waals surface area contributed by atoms with Crippen LogP contribution in [0.3, 0.4) is 0 Å². The monoisotopic (exact) mass is 250 g/mol. The van der Waals surface area contributed by atoms with E-state index in [0.29, 0.717) is 11.1 Å². The minimum absolute atomic E-state index is 0.0146. The molecule has 0 aromatic heterocycles. The topological polar surface area (TPSA) is 66.9 Å². The van der Waals surface area contributed by atoms with Crippen LogP contribution in [0, 0.1) is 21.4 Å². The maximum Gasteiger partial charge on any atom is 0.269 e. The van der Waals surface area contributed by atoms with Crippen molar-refractivity contribution in [2.75, 3.05) is 0 Å². The van der Waals surface area contributed by atoms with Crippen molar-refractivity contribution >= 4 is 17.3 Å². The summed E-state index contributed by atoms with van der Waals surface area (Å²) in [5, 5.41) is 19.7. The van der Waals surface area contributed by atoms with Gasteiger partial charge in [0.25, 0.3) is 5.69 Å². The smallest absolute Gasteiger partial charge is 0.258 e. The van der Waals surface area contributed by atoms with E-state index in [-0.39, 0.29) is 5.69 Å². The Balaban J connectivity index is 2.36. The summed E-state index contributed by atoms with van der Waals surface area (Å²) in [5.41, 5.74) is 2.07. The Kier molecular flexibility index (Phi) is 3.70. The van der Waals surface area contributed by atoms with Gasteiger partial charge in [-0.3, -0.25) is 10.1 Å². The average Bonchev–Trinajstić information content (AvgIpc) is 2.46. The van der Waals surface area contributed by atoms with Gasteiger partial charge in [0.15, 0.2) is 0 Å². The fraction of sp³-hybridized carbons (Fsp3) is 0. The summed E-state index contributed by atoms with van der Waals surface area (Å²) in [6, 6.07) is 17.5. The Hall–Kier alpha value is -2.93. The summed E-state index contributed by atoms with van der Waals surface area (Å²) < 4.78 is 0. The molecule has 0 fully saturated rings. The molecule has 0 amide bonds. The SMILES string of the molecule is N#CC(=Cc1ccccc1)c1ccc([N+](=O)[O-])cc1. The van der Waals surface area contributed by atoms with Gasteiger partial charge < -0.3 is 0 Å². The minimum atomic E-state index is -0.462. The molecule has 0 aliphatic rings. The lowest BCUT2D eigenvalue weighted by atomic mass is 10.0. The molecule has 0 bridgehead atoms. The third-order valence-electron chi connectivity index (χ3n) is 2.62. The second-order valence-corrected chi connectivity index (χ2v) is 3.88. The summed E-state index contributed by atoms with van der Waals surface area (Å²) in [5.74, 6) is 0. The van der Waals surface area contributed by atoms with E-state index in [2.05, 4.69) is 6.07 Å². The van der Waals surface area contributed by atoms with Gasteiger partial charge in [-0.2, -0.15) is 5.26 Å². The first kappa shape index (κ1) is 12.5. The van der Waals surface area contributed by atoms with Gasteiger partial charge in [-0.1, -0.05) is 30.3 Å². The maximum atomic E-state index is 10.6. The molecule has 4 nitrogen and oxygen atoms in total. The number of nitrogens with zero attached hydrogens (tertiary/aromatic N) is 2. The lowest BCUT2D eigenvalue weighted by Crippen LogP contribution is -1.88. The Morgan fingerprint density at radius 3 is 2.26 bits per heavy atom. The molecule has 19 heavy (non-hydrogen) atoms. The van der Waals surface area contributed by atoms with Crippen molar-refractivity contribution in [2.24, 2.45) is 0 Å². The van der Waals surface area contributed by atoms with Gasteiger partial charge in [-0.15, -0.1) is 0 Å². The molecule has 0 radical (unpaired) electrons. The number of allylic oxidation sites excluding steroid dienone is 1. The van der Waals surface area contributed by atoms with Crippen molar-refractivity contribution < 1.29 is 4.92 Å². The predicted octanol–water partition coefficient (Wildman–Crippen LogP) is 3.66. The van der Waals surface area contributed by atoms with Gasteiger partial charge >= 0.3 is 0 Å². The summed E-state index contributed by atoms with van der Waals surface area (Å²) in [7, 11) is 0. The van der Waals surface area contributed by atoms with E-state index in [0.717, 1.165) is 5.56 Å². The number of nitro groups is 1. The van der Waals surface area contributed by atoms with Crippen LogP contribution in [0.4, 0.5) is 5.69 Å². The molecule has 0 aliphatic carbocycles. The first-order valence-corrected chi connectivity index (χ1v) is 5.62. The molecule has 0 aliphatic heterocycles. The third kappa shape index (κ3) is 3.05. The predicted molar refractivity (Wildman–Crippen MR) is 73.0 cm³/mol. The van der Waals surface area contributed by atoms with E-state index in [1.165, 1.54) is 12.1 Å². The van der Waals surface area contributed by atoms with E-state index in [1.54, 1.807) is 18.2 Å². The van der Waals surface area contributed by atoms with Gasteiger partial charge in [0.05, 0.1) is 16.6 Å². The van der Waals surface area contributed by atoms with Crippen LogP contribution in [0.2, 0.25) is 0 Å². The van der Waals surface area contributed by atoms with Gasteiger partial charge in [-0.25, -0.2) is 0 Å². The molecule has 0 N–H and O–H groups in total. The minimum Gasteiger partial charge on any atom is -0.258 e. The number of non-ortho nitro benzene ring substituents is 1. The Labute approximate surface area is 110 Å². The summed E-state index contributed by atoms with van der Waals surface area (Å²) >= 11 is 0. The van der Waals surface area contributed by atoms with Crippen molar-refractivity contribution in [3.63, 3.8) is 0 Å². The molecule has 2 aromatic carbocycles. The number of hydrogen-bond acceptors (Lipinski definition) is 3. The fourth-order valence-corrected chi connectivity index (χ4v) is 1.66. The van der Waals surface area contributed by atoms with Gasteiger partial charge in [0, 0.05) is 12.1 Å². The molecule has 2 aromatic rings. The molecule has 0 unspecified atom stereocenters. The van der Waals surface area contributed by atoms with E-state index >= 15 is 0 Å². The molecule has 0 atom stereocenters. The largest absolute Gasteiger partial charge is 0.269 e.